The number of rotatable bonds is 2. The fourth-order valence-corrected chi connectivity index (χ4v) is 2.58. The minimum atomic E-state index is -0.553. The summed E-state index contributed by atoms with van der Waals surface area (Å²) in [5.41, 5.74) is 0.00993. The Bertz CT molecular complexity index is 631. The Hall–Kier alpha value is -1.95. The molecule has 20 heavy (non-hydrogen) atoms. The molecule has 0 bridgehead atoms. The Labute approximate surface area is 119 Å². The fraction of sp³-hybridized carbons (Fsp3) is 0.308. The summed E-state index contributed by atoms with van der Waals surface area (Å²) in [5, 5.41) is 6.96. The first kappa shape index (κ1) is 13.1. The lowest BCUT2D eigenvalue weighted by Gasteiger charge is -2.16. The second-order valence-electron chi connectivity index (χ2n) is 4.73. The first-order valence-corrected chi connectivity index (χ1v) is 6.62. The maximum absolute atomic E-state index is 13.7. The number of H-pyrrole nitrogens is 1. The lowest BCUT2D eigenvalue weighted by Crippen LogP contribution is -2.29. The molecule has 1 aromatic carbocycles. The van der Waals surface area contributed by atoms with Gasteiger partial charge in [0, 0.05) is 24.0 Å². The molecule has 5 nitrogen and oxygen atoms in total. The van der Waals surface area contributed by atoms with E-state index in [4.69, 9.17) is 11.6 Å². The largest absolute Gasteiger partial charge is 0.338 e. The van der Waals surface area contributed by atoms with Gasteiger partial charge in [0.1, 0.15) is 18.0 Å². The number of carbonyl (C=O) groups is 1. The van der Waals surface area contributed by atoms with Crippen molar-refractivity contribution in [2.24, 2.45) is 0 Å². The molecule has 104 valence electrons. The van der Waals surface area contributed by atoms with Gasteiger partial charge in [-0.15, -0.1) is 0 Å². The molecule has 2 heterocycles. The van der Waals surface area contributed by atoms with Crippen molar-refractivity contribution in [1.29, 1.82) is 0 Å². The first-order valence-electron chi connectivity index (χ1n) is 6.24. The molecule has 1 aliphatic heterocycles. The van der Waals surface area contributed by atoms with Gasteiger partial charge in [-0.05, 0) is 24.6 Å². The summed E-state index contributed by atoms with van der Waals surface area (Å²) in [6, 6.07) is 4.00. The Morgan fingerprint density at radius 3 is 3.10 bits per heavy atom. The summed E-state index contributed by atoms with van der Waals surface area (Å²) in [6.45, 7) is 1.07. The zero-order valence-electron chi connectivity index (χ0n) is 10.5. The molecule has 1 atom stereocenters. The molecule has 1 saturated heterocycles. The van der Waals surface area contributed by atoms with Crippen molar-refractivity contribution in [3.05, 3.63) is 46.8 Å². The monoisotopic (exact) mass is 294 g/mol. The van der Waals surface area contributed by atoms with Crippen LogP contribution in [0, 0.1) is 5.82 Å². The van der Waals surface area contributed by atoms with Gasteiger partial charge in [-0.25, -0.2) is 9.37 Å². The number of nitrogens with zero attached hydrogens (tertiary/aromatic N) is 3. The van der Waals surface area contributed by atoms with Crippen molar-refractivity contribution >= 4 is 17.5 Å². The summed E-state index contributed by atoms with van der Waals surface area (Å²) in [5.74, 6) is -0.0231. The van der Waals surface area contributed by atoms with Crippen LogP contribution in [0.3, 0.4) is 0 Å². The summed E-state index contributed by atoms with van der Waals surface area (Å²) in [4.78, 5) is 18.0. The summed E-state index contributed by atoms with van der Waals surface area (Å²) in [7, 11) is 0. The maximum Gasteiger partial charge on any atom is 0.256 e. The van der Waals surface area contributed by atoms with Crippen LogP contribution in [0.1, 0.15) is 28.5 Å². The summed E-state index contributed by atoms with van der Waals surface area (Å²) < 4.78 is 13.7. The van der Waals surface area contributed by atoms with Gasteiger partial charge in [0.05, 0.1) is 5.56 Å². The molecular formula is C13H12ClFN4O. The first-order chi connectivity index (χ1) is 9.65. The Kier molecular flexibility index (Phi) is 3.40. The highest BCUT2D eigenvalue weighted by atomic mass is 35.5. The second-order valence-corrected chi connectivity index (χ2v) is 5.17. The highest BCUT2D eigenvalue weighted by Crippen LogP contribution is 2.26. The van der Waals surface area contributed by atoms with Crippen LogP contribution in [0.15, 0.2) is 24.5 Å². The zero-order valence-corrected chi connectivity index (χ0v) is 11.3. The fourth-order valence-electron chi connectivity index (χ4n) is 2.41. The number of aromatic amines is 1. The van der Waals surface area contributed by atoms with Crippen LogP contribution in [-0.2, 0) is 0 Å². The highest BCUT2D eigenvalue weighted by Gasteiger charge is 2.30. The molecule has 1 unspecified atom stereocenters. The lowest BCUT2D eigenvalue weighted by molar-refractivity contribution is 0.0786. The van der Waals surface area contributed by atoms with Crippen LogP contribution in [0.4, 0.5) is 4.39 Å². The number of hydrogen-bond donors (Lipinski definition) is 1. The van der Waals surface area contributed by atoms with E-state index in [1.165, 1.54) is 24.5 Å². The minimum absolute atomic E-state index is 0.00993. The van der Waals surface area contributed by atoms with E-state index in [9.17, 15) is 9.18 Å². The molecule has 1 fully saturated rings. The van der Waals surface area contributed by atoms with Gasteiger partial charge >= 0.3 is 0 Å². The molecule has 1 aliphatic rings. The van der Waals surface area contributed by atoms with Crippen LogP contribution in [0.5, 0.6) is 0 Å². The van der Waals surface area contributed by atoms with E-state index in [2.05, 4.69) is 15.2 Å². The van der Waals surface area contributed by atoms with E-state index < -0.39 is 5.82 Å². The van der Waals surface area contributed by atoms with E-state index in [1.54, 1.807) is 4.90 Å². The quantitative estimate of drug-likeness (QED) is 0.924. The number of hydrogen-bond acceptors (Lipinski definition) is 3. The summed E-state index contributed by atoms with van der Waals surface area (Å²) in [6.07, 6.45) is 2.22. The van der Waals surface area contributed by atoms with Gasteiger partial charge in [0.25, 0.3) is 5.91 Å². The van der Waals surface area contributed by atoms with Crippen molar-refractivity contribution in [3.8, 4) is 0 Å². The number of amides is 1. The van der Waals surface area contributed by atoms with Crippen molar-refractivity contribution in [1.82, 2.24) is 20.1 Å². The van der Waals surface area contributed by atoms with Crippen molar-refractivity contribution in [3.63, 3.8) is 0 Å². The van der Waals surface area contributed by atoms with Crippen LogP contribution < -0.4 is 0 Å². The predicted octanol–water partition coefficient (Wildman–Crippen LogP) is 2.23. The number of nitrogens with one attached hydrogen (secondary N) is 1. The van der Waals surface area contributed by atoms with E-state index >= 15 is 0 Å². The Morgan fingerprint density at radius 2 is 2.35 bits per heavy atom. The van der Waals surface area contributed by atoms with Gasteiger partial charge < -0.3 is 4.90 Å². The van der Waals surface area contributed by atoms with Crippen LogP contribution in [-0.4, -0.2) is 39.1 Å². The molecule has 1 aromatic heterocycles. The second kappa shape index (κ2) is 5.20. The number of benzene rings is 1. The van der Waals surface area contributed by atoms with E-state index in [-0.39, 0.29) is 17.4 Å². The van der Waals surface area contributed by atoms with Crippen LogP contribution >= 0.6 is 11.6 Å². The zero-order chi connectivity index (χ0) is 14.1. The minimum Gasteiger partial charge on any atom is -0.338 e. The van der Waals surface area contributed by atoms with Gasteiger partial charge in [0.2, 0.25) is 0 Å². The number of halogens is 2. The molecule has 1 N–H and O–H groups in total. The van der Waals surface area contributed by atoms with E-state index in [0.717, 1.165) is 12.2 Å². The number of likely N-dealkylation sites (tertiary alicyclic amines) is 1. The predicted molar refractivity (Wildman–Crippen MR) is 71.1 cm³/mol. The van der Waals surface area contributed by atoms with E-state index in [1.807, 2.05) is 0 Å². The smallest absolute Gasteiger partial charge is 0.256 e. The SMILES string of the molecule is O=C(c1cc(Cl)ccc1F)N1CCC(c2ncn[nH]2)C1. The molecule has 0 spiro atoms. The van der Waals surface area contributed by atoms with Crippen molar-refractivity contribution in [2.75, 3.05) is 13.1 Å². The Morgan fingerprint density at radius 1 is 1.50 bits per heavy atom. The third kappa shape index (κ3) is 2.38. The average Bonchev–Trinajstić information content (AvgIpc) is 3.10. The molecule has 0 radical (unpaired) electrons. The molecule has 2 aromatic rings. The normalized spacial score (nSPS) is 18.5. The Balaban J connectivity index is 1.77. The maximum atomic E-state index is 13.7. The van der Waals surface area contributed by atoms with Gasteiger partial charge in [0.15, 0.2) is 0 Å². The molecule has 0 saturated carbocycles. The lowest BCUT2D eigenvalue weighted by atomic mass is 10.1. The van der Waals surface area contributed by atoms with Crippen LogP contribution in [0.25, 0.3) is 0 Å². The highest BCUT2D eigenvalue weighted by molar-refractivity contribution is 6.31. The average molecular weight is 295 g/mol. The van der Waals surface area contributed by atoms with Crippen molar-refractivity contribution in [2.45, 2.75) is 12.3 Å². The number of carbonyl (C=O) groups excluding carboxylic acids is 1. The third-order valence-electron chi connectivity index (χ3n) is 3.45. The molecule has 3 rings (SSSR count). The van der Waals surface area contributed by atoms with Gasteiger partial charge in [-0.3, -0.25) is 9.89 Å². The van der Waals surface area contributed by atoms with Crippen molar-refractivity contribution < 1.29 is 9.18 Å². The summed E-state index contributed by atoms with van der Waals surface area (Å²) >= 11 is 5.82. The van der Waals surface area contributed by atoms with E-state index in [0.29, 0.717) is 18.1 Å². The third-order valence-corrected chi connectivity index (χ3v) is 3.69. The number of aromatic nitrogens is 3. The van der Waals surface area contributed by atoms with Crippen LogP contribution in [0.2, 0.25) is 5.02 Å². The molecule has 7 heteroatoms. The topological polar surface area (TPSA) is 61.9 Å². The molecule has 1 amide bonds. The van der Waals surface area contributed by atoms with Gasteiger partial charge in [-0.2, -0.15) is 5.10 Å². The van der Waals surface area contributed by atoms with Gasteiger partial charge in [-0.1, -0.05) is 11.6 Å². The molecular weight excluding hydrogens is 283 g/mol. The standard InChI is InChI=1S/C13H12ClFN4O/c14-9-1-2-11(15)10(5-9)13(20)19-4-3-8(6-19)12-16-7-17-18-12/h1-2,5,7-8H,3-4,6H2,(H,16,17,18). The molecule has 0 aliphatic carbocycles.